The number of rotatable bonds is 5. The Morgan fingerprint density at radius 3 is 2.73 bits per heavy atom. The summed E-state index contributed by atoms with van der Waals surface area (Å²) in [5.74, 6) is 0.580. The van der Waals surface area contributed by atoms with E-state index in [0.717, 1.165) is 27.4 Å². The highest BCUT2D eigenvalue weighted by atomic mass is 32.2. The highest BCUT2D eigenvalue weighted by molar-refractivity contribution is 8.01. The molecular formula is C18H18N4O2S2. The number of aromatic nitrogens is 3. The van der Waals surface area contributed by atoms with Crippen molar-refractivity contribution in [2.75, 3.05) is 18.8 Å². The third-order valence-corrected chi connectivity index (χ3v) is 6.37. The Kier molecular flexibility index (Phi) is 5.31. The molecule has 3 heterocycles. The van der Waals surface area contributed by atoms with Crippen LogP contribution >= 0.6 is 23.1 Å². The van der Waals surface area contributed by atoms with Gasteiger partial charge in [-0.25, -0.2) is 15.0 Å². The topological polar surface area (TPSA) is 68.2 Å². The van der Waals surface area contributed by atoms with Gasteiger partial charge in [0, 0.05) is 38.3 Å². The summed E-state index contributed by atoms with van der Waals surface area (Å²) < 4.78 is 7.87. The largest absolute Gasteiger partial charge is 0.460 e. The van der Waals surface area contributed by atoms with Crippen molar-refractivity contribution in [1.29, 1.82) is 0 Å². The van der Waals surface area contributed by atoms with E-state index in [2.05, 4.69) is 21.0 Å². The Morgan fingerprint density at radius 2 is 1.96 bits per heavy atom. The number of para-hydroxylation sites is 1. The number of thiazole rings is 1. The van der Waals surface area contributed by atoms with Gasteiger partial charge in [0.1, 0.15) is 6.10 Å². The number of thioether (sulfide) groups is 1. The van der Waals surface area contributed by atoms with Crippen LogP contribution in [0.1, 0.15) is 12.8 Å². The molecule has 0 saturated carbocycles. The summed E-state index contributed by atoms with van der Waals surface area (Å²) in [4.78, 5) is 27.1. The fourth-order valence-corrected chi connectivity index (χ4v) is 4.82. The van der Waals surface area contributed by atoms with Gasteiger partial charge in [-0.15, -0.1) is 11.3 Å². The molecule has 8 heteroatoms. The molecule has 0 radical (unpaired) electrons. The van der Waals surface area contributed by atoms with Gasteiger partial charge in [-0.05, 0) is 18.2 Å². The average molecular weight is 387 g/mol. The smallest absolute Gasteiger partial charge is 0.316 e. The molecule has 0 bridgehead atoms. The Labute approximate surface area is 159 Å². The van der Waals surface area contributed by atoms with Crippen molar-refractivity contribution in [3.8, 4) is 6.01 Å². The molecule has 1 amide bonds. The molecule has 0 N–H and O–H groups in total. The van der Waals surface area contributed by atoms with E-state index >= 15 is 0 Å². The van der Waals surface area contributed by atoms with Gasteiger partial charge >= 0.3 is 6.01 Å². The van der Waals surface area contributed by atoms with Crippen LogP contribution in [-0.4, -0.2) is 50.7 Å². The number of benzene rings is 1. The van der Waals surface area contributed by atoms with Crippen LogP contribution < -0.4 is 4.74 Å². The van der Waals surface area contributed by atoms with Crippen LogP contribution in [0, 0.1) is 0 Å². The Hall–Kier alpha value is -2.19. The number of fused-ring (bicyclic) bond motifs is 1. The number of hydrogen-bond acceptors (Lipinski definition) is 7. The number of likely N-dealkylation sites (tertiary alicyclic amines) is 1. The van der Waals surface area contributed by atoms with Gasteiger partial charge in [0.2, 0.25) is 5.91 Å². The van der Waals surface area contributed by atoms with Crippen molar-refractivity contribution >= 4 is 39.2 Å². The number of carbonyl (C=O) groups is 1. The Bertz CT molecular complexity index is 846. The van der Waals surface area contributed by atoms with Gasteiger partial charge in [0.15, 0.2) is 4.34 Å². The highest BCUT2D eigenvalue weighted by Crippen LogP contribution is 2.29. The third-order valence-electron chi connectivity index (χ3n) is 4.20. The highest BCUT2D eigenvalue weighted by Gasteiger charge is 2.24. The van der Waals surface area contributed by atoms with Crippen molar-refractivity contribution in [2.45, 2.75) is 23.3 Å². The van der Waals surface area contributed by atoms with Crippen molar-refractivity contribution in [2.24, 2.45) is 0 Å². The quantitative estimate of drug-likeness (QED) is 0.627. The number of amides is 1. The molecule has 0 spiro atoms. The van der Waals surface area contributed by atoms with E-state index < -0.39 is 0 Å². The van der Waals surface area contributed by atoms with Crippen LogP contribution in [0.4, 0.5) is 0 Å². The summed E-state index contributed by atoms with van der Waals surface area (Å²) in [5, 5.41) is 0. The summed E-state index contributed by atoms with van der Waals surface area (Å²) >= 11 is 3.15. The molecule has 0 atom stereocenters. The lowest BCUT2D eigenvalue weighted by molar-refractivity contribution is -0.130. The number of piperidine rings is 1. The summed E-state index contributed by atoms with van der Waals surface area (Å²) in [6.07, 6.45) is 5.00. The minimum absolute atomic E-state index is 0.0679. The lowest BCUT2D eigenvalue weighted by Crippen LogP contribution is -2.42. The first kappa shape index (κ1) is 17.2. The molecule has 3 aromatic rings. The van der Waals surface area contributed by atoms with Crippen LogP contribution in [-0.2, 0) is 4.79 Å². The van der Waals surface area contributed by atoms with Crippen LogP contribution in [0.25, 0.3) is 10.2 Å². The van der Waals surface area contributed by atoms with E-state index in [4.69, 9.17) is 4.74 Å². The van der Waals surface area contributed by atoms with Gasteiger partial charge in [-0.1, -0.05) is 23.9 Å². The minimum atomic E-state index is 0.0679. The second kappa shape index (κ2) is 8.01. The van der Waals surface area contributed by atoms with E-state index in [0.29, 0.717) is 24.9 Å². The normalized spacial score (nSPS) is 15.3. The monoisotopic (exact) mass is 386 g/mol. The van der Waals surface area contributed by atoms with E-state index in [9.17, 15) is 4.79 Å². The van der Waals surface area contributed by atoms with Crippen LogP contribution in [0.2, 0.25) is 0 Å². The number of hydrogen-bond donors (Lipinski definition) is 0. The Morgan fingerprint density at radius 1 is 1.19 bits per heavy atom. The third kappa shape index (κ3) is 4.13. The number of carbonyl (C=O) groups excluding carboxylic acids is 1. The maximum absolute atomic E-state index is 12.5. The maximum Gasteiger partial charge on any atom is 0.316 e. The zero-order valence-corrected chi connectivity index (χ0v) is 15.7. The first-order chi connectivity index (χ1) is 12.8. The van der Waals surface area contributed by atoms with Crippen LogP contribution in [0.3, 0.4) is 0 Å². The first-order valence-electron chi connectivity index (χ1n) is 8.48. The maximum atomic E-state index is 12.5. The van der Waals surface area contributed by atoms with Gasteiger partial charge in [0.05, 0.1) is 16.0 Å². The zero-order chi connectivity index (χ0) is 17.8. The van der Waals surface area contributed by atoms with E-state index in [1.807, 2.05) is 23.1 Å². The molecule has 26 heavy (non-hydrogen) atoms. The van der Waals surface area contributed by atoms with Gasteiger partial charge in [-0.3, -0.25) is 4.79 Å². The van der Waals surface area contributed by atoms with Gasteiger partial charge in [0.25, 0.3) is 0 Å². The second-order valence-electron chi connectivity index (χ2n) is 5.97. The molecule has 1 fully saturated rings. The summed E-state index contributed by atoms with van der Waals surface area (Å²) in [5.41, 5.74) is 0.994. The molecule has 4 rings (SSSR count). The number of nitrogens with zero attached hydrogens (tertiary/aromatic N) is 4. The molecule has 134 valence electrons. The Balaban J connectivity index is 1.25. The molecule has 1 aliphatic heterocycles. The summed E-state index contributed by atoms with van der Waals surface area (Å²) in [6, 6.07) is 10.2. The lowest BCUT2D eigenvalue weighted by Gasteiger charge is -2.31. The van der Waals surface area contributed by atoms with E-state index in [1.54, 1.807) is 29.8 Å². The second-order valence-corrected chi connectivity index (χ2v) is 8.22. The number of ether oxygens (including phenoxy) is 1. The molecule has 1 aromatic carbocycles. The van der Waals surface area contributed by atoms with Crippen molar-refractivity contribution in [1.82, 2.24) is 19.9 Å². The van der Waals surface area contributed by atoms with Crippen molar-refractivity contribution in [3.63, 3.8) is 0 Å². The summed E-state index contributed by atoms with van der Waals surface area (Å²) in [7, 11) is 0. The predicted octanol–water partition coefficient (Wildman–Crippen LogP) is 3.25. The molecule has 1 saturated heterocycles. The van der Waals surface area contributed by atoms with Crippen LogP contribution in [0.15, 0.2) is 47.1 Å². The van der Waals surface area contributed by atoms with Gasteiger partial charge in [-0.2, -0.15) is 0 Å². The zero-order valence-electron chi connectivity index (χ0n) is 14.1. The SMILES string of the molecule is O=C(CSc1nc2ccccc2s1)N1CCC(Oc2ncccn2)CC1. The van der Waals surface area contributed by atoms with E-state index in [-0.39, 0.29) is 12.0 Å². The van der Waals surface area contributed by atoms with Gasteiger partial charge < -0.3 is 9.64 Å². The van der Waals surface area contributed by atoms with Crippen molar-refractivity contribution < 1.29 is 9.53 Å². The van der Waals surface area contributed by atoms with Crippen molar-refractivity contribution in [3.05, 3.63) is 42.7 Å². The predicted molar refractivity (Wildman–Crippen MR) is 103 cm³/mol. The fraction of sp³-hybridized carbons (Fsp3) is 0.333. The van der Waals surface area contributed by atoms with E-state index in [1.165, 1.54) is 11.8 Å². The summed E-state index contributed by atoms with van der Waals surface area (Å²) in [6.45, 7) is 1.41. The molecule has 0 aliphatic carbocycles. The van der Waals surface area contributed by atoms with Crippen LogP contribution in [0.5, 0.6) is 6.01 Å². The first-order valence-corrected chi connectivity index (χ1v) is 10.3. The molecular weight excluding hydrogens is 368 g/mol. The molecule has 0 unspecified atom stereocenters. The molecule has 2 aromatic heterocycles. The molecule has 6 nitrogen and oxygen atoms in total. The molecule has 1 aliphatic rings. The lowest BCUT2D eigenvalue weighted by atomic mass is 10.1. The standard InChI is InChI=1S/C18H18N4O2S2/c23-16(12-25-18-21-14-4-1-2-5-15(14)26-18)22-10-6-13(7-11-22)24-17-19-8-3-9-20-17/h1-5,8-9,13H,6-7,10-12H2. The fourth-order valence-electron chi connectivity index (χ4n) is 2.85. The minimum Gasteiger partial charge on any atom is -0.460 e. The average Bonchev–Trinajstić information content (AvgIpc) is 3.10.